The number of anilines is 1. The largest absolute Gasteiger partial charge is 0.310 e. The Morgan fingerprint density at radius 1 is 1.13 bits per heavy atom. The number of rotatable bonds is 2. The van der Waals surface area contributed by atoms with Crippen molar-refractivity contribution in [2.45, 2.75) is 17.9 Å². The van der Waals surface area contributed by atoms with Crippen molar-refractivity contribution in [3.8, 4) is 0 Å². The molecule has 0 N–H and O–H groups in total. The van der Waals surface area contributed by atoms with Crippen molar-refractivity contribution in [2.75, 3.05) is 17.2 Å². The second-order valence-electron chi connectivity index (χ2n) is 5.45. The molecule has 1 aromatic heterocycles. The van der Waals surface area contributed by atoms with Gasteiger partial charge in [-0.05, 0) is 36.4 Å². The molecule has 0 saturated heterocycles. The Hall–Kier alpha value is -2.34. The molecule has 116 valence electrons. The minimum absolute atomic E-state index is 0.0515. The third-order valence-corrected chi connectivity index (χ3v) is 5.10. The first-order valence-electron chi connectivity index (χ1n) is 7.63. The second kappa shape index (κ2) is 6.04. The number of hydrogen-bond acceptors (Lipinski definition) is 4. The van der Waals surface area contributed by atoms with Gasteiger partial charge in [0.15, 0.2) is 0 Å². The summed E-state index contributed by atoms with van der Waals surface area (Å²) in [6.45, 7) is 0.953. The summed E-state index contributed by atoms with van der Waals surface area (Å²) in [5.41, 5.74) is 2.70. The van der Waals surface area contributed by atoms with Crippen LogP contribution in [0.3, 0.4) is 0 Å². The lowest BCUT2D eigenvalue weighted by Crippen LogP contribution is -2.35. The van der Waals surface area contributed by atoms with Crippen LogP contribution in [0.4, 0.5) is 5.69 Å². The SMILES string of the molecule is O=C(Cn1nnc2ccccc21)N1CCCSc2ccccc21. The third-order valence-electron chi connectivity index (χ3n) is 3.95. The van der Waals surface area contributed by atoms with Crippen LogP contribution in [0.2, 0.25) is 0 Å². The fourth-order valence-electron chi connectivity index (χ4n) is 2.83. The maximum absolute atomic E-state index is 12.9. The van der Waals surface area contributed by atoms with E-state index in [1.54, 1.807) is 4.68 Å². The van der Waals surface area contributed by atoms with Gasteiger partial charge in [0, 0.05) is 11.4 Å². The fourth-order valence-corrected chi connectivity index (χ4v) is 3.83. The molecule has 0 radical (unpaired) electrons. The van der Waals surface area contributed by atoms with Gasteiger partial charge in [-0.2, -0.15) is 0 Å². The van der Waals surface area contributed by atoms with E-state index in [1.807, 2.05) is 59.1 Å². The Balaban J connectivity index is 1.64. The van der Waals surface area contributed by atoms with Crippen LogP contribution in [0, 0.1) is 0 Å². The van der Waals surface area contributed by atoms with Gasteiger partial charge >= 0.3 is 0 Å². The Morgan fingerprint density at radius 3 is 2.91 bits per heavy atom. The van der Waals surface area contributed by atoms with E-state index in [-0.39, 0.29) is 12.5 Å². The number of amides is 1. The zero-order valence-electron chi connectivity index (χ0n) is 12.6. The van der Waals surface area contributed by atoms with Crippen LogP contribution in [-0.4, -0.2) is 33.2 Å². The monoisotopic (exact) mass is 324 g/mol. The van der Waals surface area contributed by atoms with Gasteiger partial charge in [-0.1, -0.05) is 29.5 Å². The molecule has 0 bridgehead atoms. The summed E-state index contributed by atoms with van der Waals surface area (Å²) in [5.74, 6) is 1.09. The van der Waals surface area contributed by atoms with E-state index < -0.39 is 0 Å². The molecule has 0 atom stereocenters. The van der Waals surface area contributed by atoms with Crippen molar-refractivity contribution >= 4 is 34.4 Å². The van der Waals surface area contributed by atoms with Gasteiger partial charge in [-0.15, -0.1) is 16.9 Å². The summed E-state index contributed by atoms with van der Waals surface area (Å²) in [7, 11) is 0. The molecule has 0 aliphatic carbocycles. The highest BCUT2D eigenvalue weighted by atomic mass is 32.2. The van der Waals surface area contributed by atoms with Gasteiger partial charge in [0.1, 0.15) is 12.1 Å². The minimum atomic E-state index is 0.0515. The minimum Gasteiger partial charge on any atom is -0.310 e. The van der Waals surface area contributed by atoms with E-state index >= 15 is 0 Å². The summed E-state index contributed by atoms with van der Waals surface area (Å²) in [5, 5.41) is 8.24. The Labute approximate surface area is 138 Å². The first-order chi connectivity index (χ1) is 11.3. The first-order valence-corrected chi connectivity index (χ1v) is 8.62. The topological polar surface area (TPSA) is 51.0 Å². The van der Waals surface area contributed by atoms with Crippen molar-refractivity contribution in [1.29, 1.82) is 0 Å². The molecular weight excluding hydrogens is 308 g/mol. The molecule has 0 unspecified atom stereocenters. The highest BCUT2D eigenvalue weighted by Crippen LogP contribution is 2.33. The third kappa shape index (κ3) is 2.70. The number of thioether (sulfide) groups is 1. The number of nitrogens with zero attached hydrogens (tertiary/aromatic N) is 4. The van der Waals surface area contributed by atoms with E-state index in [0.29, 0.717) is 0 Å². The summed E-state index contributed by atoms with van der Waals surface area (Å²) in [4.78, 5) is 15.9. The van der Waals surface area contributed by atoms with Crippen molar-refractivity contribution < 1.29 is 4.79 Å². The van der Waals surface area contributed by atoms with Crippen LogP contribution in [-0.2, 0) is 11.3 Å². The molecule has 1 aliphatic heterocycles. The predicted molar refractivity (Wildman–Crippen MR) is 91.7 cm³/mol. The maximum Gasteiger partial charge on any atom is 0.248 e. The van der Waals surface area contributed by atoms with Crippen LogP contribution in [0.5, 0.6) is 0 Å². The average molecular weight is 324 g/mol. The molecule has 0 saturated carbocycles. The zero-order chi connectivity index (χ0) is 15.6. The Bertz CT molecular complexity index is 860. The highest BCUT2D eigenvalue weighted by Gasteiger charge is 2.22. The molecule has 0 fully saturated rings. The number of carbonyl (C=O) groups is 1. The normalized spacial score (nSPS) is 14.5. The van der Waals surface area contributed by atoms with E-state index in [2.05, 4.69) is 16.4 Å². The van der Waals surface area contributed by atoms with Crippen molar-refractivity contribution in [2.24, 2.45) is 0 Å². The van der Waals surface area contributed by atoms with Gasteiger partial charge in [0.25, 0.3) is 0 Å². The Kier molecular flexibility index (Phi) is 3.75. The fraction of sp³-hybridized carbons (Fsp3) is 0.235. The molecule has 6 heteroatoms. The summed E-state index contributed by atoms with van der Waals surface area (Å²) >= 11 is 1.81. The lowest BCUT2D eigenvalue weighted by molar-refractivity contribution is -0.119. The lowest BCUT2D eigenvalue weighted by atomic mass is 10.2. The smallest absolute Gasteiger partial charge is 0.248 e. The van der Waals surface area contributed by atoms with Gasteiger partial charge in [-0.25, -0.2) is 4.68 Å². The number of hydrogen-bond donors (Lipinski definition) is 0. The van der Waals surface area contributed by atoms with Crippen LogP contribution in [0.15, 0.2) is 53.4 Å². The van der Waals surface area contributed by atoms with Crippen molar-refractivity contribution in [3.63, 3.8) is 0 Å². The number of carbonyl (C=O) groups excluding carboxylic acids is 1. The molecule has 1 amide bonds. The van der Waals surface area contributed by atoms with Crippen LogP contribution in [0.1, 0.15) is 6.42 Å². The van der Waals surface area contributed by atoms with Crippen molar-refractivity contribution in [3.05, 3.63) is 48.5 Å². The molecule has 4 rings (SSSR count). The van der Waals surface area contributed by atoms with Crippen LogP contribution in [0.25, 0.3) is 11.0 Å². The van der Waals surface area contributed by atoms with Gasteiger partial charge < -0.3 is 4.90 Å². The summed E-state index contributed by atoms with van der Waals surface area (Å²) in [6, 6.07) is 15.8. The quantitative estimate of drug-likeness (QED) is 0.727. The van der Waals surface area contributed by atoms with Crippen molar-refractivity contribution in [1.82, 2.24) is 15.0 Å². The number of aromatic nitrogens is 3. The number of fused-ring (bicyclic) bond motifs is 2. The van der Waals surface area contributed by atoms with Gasteiger partial charge in [0.05, 0.1) is 11.2 Å². The second-order valence-corrected chi connectivity index (χ2v) is 6.59. The molecule has 5 nitrogen and oxygen atoms in total. The van der Waals surface area contributed by atoms with Crippen LogP contribution < -0.4 is 4.90 Å². The Morgan fingerprint density at radius 2 is 1.96 bits per heavy atom. The van der Waals surface area contributed by atoms with E-state index in [4.69, 9.17) is 0 Å². The molecule has 1 aliphatic rings. The molecule has 2 heterocycles. The zero-order valence-corrected chi connectivity index (χ0v) is 13.4. The molecule has 23 heavy (non-hydrogen) atoms. The number of para-hydroxylation sites is 2. The first kappa shape index (κ1) is 14.3. The maximum atomic E-state index is 12.9. The predicted octanol–water partition coefficient (Wildman–Crippen LogP) is 2.96. The summed E-state index contributed by atoms with van der Waals surface area (Å²) < 4.78 is 1.68. The van der Waals surface area contributed by atoms with E-state index in [9.17, 15) is 4.79 Å². The molecule has 2 aromatic carbocycles. The van der Waals surface area contributed by atoms with Crippen LogP contribution >= 0.6 is 11.8 Å². The average Bonchev–Trinajstić information content (AvgIpc) is 2.86. The van der Waals surface area contributed by atoms with Gasteiger partial charge in [-0.3, -0.25) is 4.79 Å². The molecular formula is C17H16N4OS. The van der Waals surface area contributed by atoms with Gasteiger partial charge in [0.2, 0.25) is 5.91 Å². The van der Waals surface area contributed by atoms with E-state index in [0.717, 1.165) is 35.4 Å². The highest BCUT2D eigenvalue weighted by molar-refractivity contribution is 7.99. The van der Waals surface area contributed by atoms with E-state index in [1.165, 1.54) is 4.90 Å². The molecule has 3 aromatic rings. The standard InChI is InChI=1S/C17H16N4OS/c22-17(12-21-14-7-2-1-6-13(14)18-19-21)20-10-5-11-23-16-9-4-3-8-15(16)20/h1-4,6-9H,5,10-12H2. The molecule has 0 spiro atoms. The summed E-state index contributed by atoms with van der Waals surface area (Å²) in [6.07, 6.45) is 0.989. The number of benzene rings is 2. The lowest BCUT2D eigenvalue weighted by Gasteiger charge is -2.22.